The third-order valence-electron chi connectivity index (χ3n) is 4.75. The van der Waals surface area contributed by atoms with Crippen molar-refractivity contribution in [2.24, 2.45) is 5.92 Å². The van der Waals surface area contributed by atoms with E-state index in [1.807, 2.05) is 0 Å². The molecular weight excluding hydrogens is 264 g/mol. The maximum atomic E-state index is 9.33. The molecule has 0 saturated heterocycles. The van der Waals surface area contributed by atoms with Crippen molar-refractivity contribution in [2.45, 2.75) is 90.8 Å². The fraction of sp³-hybridized carbons (Fsp3) is 1.00. The smallest absolute Gasteiger partial charge is 0.191 e. The van der Waals surface area contributed by atoms with E-state index in [0.717, 1.165) is 6.61 Å². The SMILES string of the molecule is CCCCC(CO)CCCCCO[Si](C)(C)C(C)(C)C. The van der Waals surface area contributed by atoms with E-state index in [9.17, 15) is 5.11 Å². The molecule has 0 saturated carbocycles. The summed E-state index contributed by atoms with van der Waals surface area (Å²) in [5.74, 6) is 0.524. The summed E-state index contributed by atoms with van der Waals surface area (Å²) in [5, 5.41) is 9.65. The summed E-state index contributed by atoms with van der Waals surface area (Å²) in [4.78, 5) is 0. The monoisotopic (exact) mass is 302 g/mol. The molecule has 1 unspecified atom stereocenters. The van der Waals surface area contributed by atoms with Gasteiger partial charge in [-0.25, -0.2) is 0 Å². The minimum absolute atomic E-state index is 0.315. The van der Waals surface area contributed by atoms with Crippen LogP contribution in [0.5, 0.6) is 0 Å². The molecule has 0 rings (SSSR count). The third kappa shape index (κ3) is 8.43. The van der Waals surface area contributed by atoms with Crippen LogP contribution in [0.3, 0.4) is 0 Å². The van der Waals surface area contributed by atoms with Crippen molar-refractivity contribution in [3.05, 3.63) is 0 Å². The first-order chi connectivity index (χ1) is 9.24. The van der Waals surface area contributed by atoms with Gasteiger partial charge in [-0.1, -0.05) is 53.4 Å². The quantitative estimate of drug-likeness (QED) is 0.411. The number of hydrogen-bond acceptors (Lipinski definition) is 2. The van der Waals surface area contributed by atoms with Crippen molar-refractivity contribution in [3.8, 4) is 0 Å². The van der Waals surface area contributed by atoms with Crippen molar-refractivity contribution < 1.29 is 9.53 Å². The largest absolute Gasteiger partial charge is 0.417 e. The number of aliphatic hydroxyl groups is 1. The molecule has 1 atom stereocenters. The molecule has 0 aliphatic carbocycles. The van der Waals surface area contributed by atoms with E-state index in [4.69, 9.17) is 4.43 Å². The van der Waals surface area contributed by atoms with Gasteiger partial charge in [0, 0.05) is 13.2 Å². The Bertz CT molecular complexity index is 234. The van der Waals surface area contributed by atoms with Crippen molar-refractivity contribution in [2.75, 3.05) is 13.2 Å². The maximum Gasteiger partial charge on any atom is 0.191 e. The molecule has 0 aromatic heterocycles. The zero-order valence-electron chi connectivity index (χ0n) is 14.8. The lowest BCUT2D eigenvalue weighted by molar-refractivity contribution is 0.203. The number of unbranched alkanes of at least 4 members (excludes halogenated alkanes) is 3. The summed E-state index contributed by atoms with van der Waals surface area (Å²) < 4.78 is 6.18. The summed E-state index contributed by atoms with van der Waals surface area (Å²) in [6.45, 7) is 15.0. The number of aliphatic hydroxyl groups excluding tert-OH is 1. The lowest BCUT2D eigenvalue weighted by Crippen LogP contribution is -2.40. The van der Waals surface area contributed by atoms with Gasteiger partial charge in [0.05, 0.1) is 0 Å². The summed E-state index contributed by atoms with van der Waals surface area (Å²) in [6.07, 6.45) is 8.48. The molecule has 1 N–H and O–H groups in total. The molecule has 0 amide bonds. The molecule has 0 aromatic carbocycles. The van der Waals surface area contributed by atoms with E-state index >= 15 is 0 Å². The summed E-state index contributed by atoms with van der Waals surface area (Å²) in [6, 6.07) is 0. The fourth-order valence-corrected chi connectivity index (χ4v) is 3.16. The van der Waals surface area contributed by atoms with Crippen molar-refractivity contribution in [1.82, 2.24) is 0 Å². The second kappa shape index (κ2) is 9.96. The average Bonchev–Trinajstić information content (AvgIpc) is 2.35. The van der Waals surface area contributed by atoms with Crippen LogP contribution in [-0.2, 0) is 4.43 Å². The second-order valence-electron chi connectivity index (χ2n) is 7.65. The van der Waals surface area contributed by atoms with Gasteiger partial charge in [0.1, 0.15) is 0 Å². The summed E-state index contributed by atoms with van der Waals surface area (Å²) >= 11 is 0. The minimum atomic E-state index is -1.55. The molecule has 0 bridgehead atoms. The van der Waals surface area contributed by atoms with Crippen LogP contribution in [0.25, 0.3) is 0 Å². The molecule has 3 heteroatoms. The summed E-state index contributed by atoms with van der Waals surface area (Å²) in [7, 11) is -1.55. The van der Waals surface area contributed by atoms with Gasteiger partial charge in [0.25, 0.3) is 0 Å². The first-order valence-corrected chi connectivity index (χ1v) is 11.4. The molecule has 2 nitrogen and oxygen atoms in total. The van der Waals surface area contributed by atoms with E-state index in [1.54, 1.807) is 0 Å². The van der Waals surface area contributed by atoms with Gasteiger partial charge in [-0.15, -0.1) is 0 Å². The molecule has 0 aromatic rings. The minimum Gasteiger partial charge on any atom is -0.417 e. The van der Waals surface area contributed by atoms with Gasteiger partial charge in [-0.3, -0.25) is 0 Å². The Kier molecular flexibility index (Phi) is 10.0. The van der Waals surface area contributed by atoms with Crippen LogP contribution in [0.1, 0.15) is 72.6 Å². The molecule has 122 valence electrons. The molecule has 0 spiro atoms. The van der Waals surface area contributed by atoms with Crippen molar-refractivity contribution in [3.63, 3.8) is 0 Å². The Morgan fingerprint density at radius 2 is 1.60 bits per heavy atom. The standard InChI is InChI=1S/C17H38O2Si/c1-7-8-12-16(15-18)13-10-9-11-14-19-20(5,6)17(2,3)4/h16,18H,7-15H2,1-6H3. The van der Waals surface area contributed by atoms with Crippen LogP contribution in [0.2, 0.25) is 18.1 Å². The van der Waals surface area contributed by atoms with E-state index in [-0.39, 0.29) is 0 Å². The van der Waals surface area contributed by atoms with Gasteiger partial charge in [-0.2, -0.15) is 0 Å². The Morgan fingerprint density at radius 3 is 2.10 bits per heavy atom. The van der Waals surface area contributed by atoms with Gasteiger partial charge in [0.15, 0.2) is 8.32 Å². The van der Waals surface area contributed by atoms with Crippen molar-refractivity contribution >= 4 is 8.32 Å². The Hall–Kier alpha value is 0.137. The van der Waals surface area contributed by atoms with E-state index < -0.39 is 8.32 Å². The highest BCUT2D eigenvalue weighted by Gasteiger charge is 2.36. The first-order valence-electron chi connectivity index (χ1n) is 8.49. The number of hydrogen-bond donors (Lipinski definition) is 1. The van der Waals surface area contributed by atoms with E-state index in [0.29, 0.717) is 17.6 Å². The first kappa shape index (κ1) is 20.1. The van der Waals surface area contributed by atoms with Gasteiger partial charge in [-0.05, 0) is 43.3 Å². The van der Waals surface area contributed by atoms with Gasteiger partial charge >= 0.3 is 0 Å². The molecule has 20 heavy (non-hydrogen) atoms. The Balaban J connectivity index is 3.67. The molecule has 0 heterocycles. The van der Waals surface area contributed by atoms with Crippen LogP contribution >= 0.6 is 0 Å². The maximum absolute atomic E-state index is 9.33. The van der Waals surface area contributed by atoms with Gasteiger partial charge < -0.3 is 9.53 Å². The molecule has 0 aliphatic heterocycles. The Morgan fingerprint density at radius 1 is 1.00 bits per heavy atom. The summed E-state index contributed by atoms with van der Waals surface area (Å²) in [5.41, 5.74) is 0. The van der Waals surface area contributed by atoms with Crippen LogP contribution in [0.15, 0.2) is 0 Å². The Labute approximate surface area is 128 Å². The number of rotatable bonds is 11. The third-order valence-corrected chi connectivity index (χ3v) is 9.29. The fourth-order valence-electron chi connectivity index (χ4n) is 2.08. The highest BCUT2D eigenvalue weighted by molar-refractivity contribution is 6.74. The van der Waals surface area contributed by atoms with Crippen LogP contribution in [-0.4, -0.2) is 26.6 Å². The molecule has 0 fully saturated rings. The topological polar surface area (TPSA) is 29.5 Å². The predicted octanol–water partition coefficient (Wildman–Crippen LogP) is 5.37. The van der Waals surface area contributed by atoms with Crippen LogP contribution in [0, 0.1) is 5.92 Å². The normalized spacial score (nSPS) is 14.6. The molecule has 0 aliphatic rings. The second-order valence-corrected chi connectivity index (χ2v) is 12.5. The van der Waals surface area contributed by atoms with Crippen LogP contribution < -0.4 is 0 Å². The van der Waals surface area contributed by atoms with E-state index in [1.165, 1.54) is 44.9 Å². The molecular formula is C17H38O2Si. The molecule has 0 radical (unpaired) electrons. The van der Waals surface area contributed by atoms with Crippen LogP contribution in [0.4, 0.5) is 0 Å². The van der Waals surface area contributed by atoms with Crippen molar-refractivity contribution in [1.29, 1.82) is 0 Å². The van der Waals surface area contributed by atoms with Gasteiger partial charge in [0.2, 0.25) is 0 Å². The zero-order valence-corrected chi connectivity index (χ0v) is 15.8. The van der Waals surface area contributed by atoms with E-state index in [2.05, 4.69) is 40.8 Å². The highest BCUT2D eigenvalue weighted by atomic mass is 28.4. The highest BCUT2D eigenvalue weighted by Crippen LogP contribution is 2.36. The zero-order chi connectivity index (χ0) is 15.6. The lowest BCUT2D eigenvalue weighted by Gasteiger charge is -2.36. The predicted molar refractivity (Wildman–Crippen MR) is 91.7 cm³/mol. The average molecular weight is 303 g/mol. The lowest BCUT2D eigenvalue weighted by atomic mass is 9.96.